The average molecular weight is 493 g/mol. The molecule has 8 nitrogen and oxygen atoms in total. The van der Waals surface area contributed by atoms with Crippen LogP contribution in [0, 0.1) is 5.92 Å². The fraction of sp³-hybridized carbons (Fsp3) is 0.760. The zero-order valence-electron chi connectivity index (χ0n) is 21.5. The van der Waals surface area contributed by atoms with E-state index in [4.69, 9.17) is 0 Å². The van der Waals surface area contributed by atoms with Crippen LogP contribution in [0.2, 0.25) is 0 Å². The van der Waals surface area contributed by atoms with Gasteiger partial charge in [0.15, 0.2) is 0 Å². The molecule has 4 heterocycles. The van der Waals surface area contributed by atoms with Crippen molar-refractivity contribution in [2.45, 2.75) is 77.3 Å². The number of anilines is 1. The molecule has 0 aliphatic carbocycles. The van der Waals surface area contributed by atoms with E-state index in [9.17, 15) is 18.4 Å². The molecule has 35 heavy (non-hydrogen) atoms. The molecule has 10 heteroatoms. The molecule has 1 N–H and O–H groups in total. The minimum Gasteiger partial charge on any atom is -0.341 e. The number of carbonyl (C=O) groups is 2. The second-order valence-electron chi connectivity index (χ2n) is 11.3. The molecule has 1 aromatic rings. The maximum atomic E-state index is 14.6. The van der Waals surface area contributed by atoms with E-state index in [2.05, 4.69) is 34.3 Å². The molecule has 0 radical (unpaired) electrons. The van der Waals surface area contributed by atoms with Gasteiger partial charge in [0.1, 0.15) is 5.69 Å². The van der Waals surface area contributed by atoms with Crippen molar-refractivity contribution in [3.63, 3.8) is 0 Å². The third kappa shape index (κ3) is 5.33. The summed E-state index contributed by atoms with van der Waals surface area (Å²) in [7, 11) is 0. The van der Waals surface area contributed by atoms with Crippen LogP contribution in [0.3, 0.4) is 0 Å². The molecule has 3 atom stereocenters. The van der Waals surface area contributed by atoms with E-state index < -0.39 is 11.3 Å². The summed E-state index contributed by atoms with van der Waals surface area (Å²) in [5.41, 5.74) is 0.141. The van der Waals surface area contributed by atoms with Crippen LogP contribution in [0.1, 0.15) is 65.3 Å². The molecular weight excluding hydrogens is 454 g/mol. The van der Waals surface area contributed by atoms with Gasteiger partial charge in [-0.15, -0.1) is 5.10 Å². The number of carbonyl (C=O) groups excluding carboxylic acids is 2. The van der Waals surface area contributed by atoms with Crippen LogP contribution in [0.25, 0.3) is 0 Å². The minimum atomic E-state index is -3.09. The van der Waals surface area contributed by atoms with Crippen molar-refractivity contribution in [3.05, 3.63) is 17.5 Å². The fourth-order valence-electron chi connectivity index (χ4n) is 5.53. The Balaban J connectivity index is 1.54. The van der Waals surface area contributed by atoms with Crippen molar-refractivity contribution < 1.29 is 18.4 Å². The van der Waals surface area contributed by atoms with Gasteiger partial charge in [0.2, 0.25) is 11.8 Å². The lowest BCUT2D eigenvalue weighted by Gasteiger charge is -2.41. The second kappa shape index (κ2) is 9.69. The van der Waals surface area contributed by atoms with Gasteiger partial charge in [0, 0.05) is 63.1 Å². The van der Waals surface area contributed by atoms with Crippen LogP contribution in [-0.2, 0) is 20.9 Å². The highest BCUT2D eigenvalue weighted by atomic mass is 19.3. The van der Waals surface area contributed by atoms with Gasteiger partial charge in [-0.05, 0) is 18.9 Å². The normalized spacial score (nSPS) is 26.9. The van der Waals surface area contributed by atoms with Crippen LogP contribution >= 0.6 is 0 Å². The van der Waals surface area contributed by atoms with Crippen LogP contribution in [0.15, 0.2) is 6.07 Å². The highest BCUT2D eigenvalue weighted by Crippen LogP contribution is 2.41. The number of hydrogen-bond donors (Lipinski definition) is 1. The molecule has 0 aromatic carbocycles. The maximum absolute atomic E-state index is 14.6. The molecule has 0 spiro atoms. The molecule has 2 fully saturated rings. The SMILES string of the molecule is CCCC(F)(F)c1cc2c(nn1)C(C)(C)CN2C(=O)CN1C[C@@H](C)NC[C@@H]1CN1C[C@@H](C)CC1=O. The molecule has 3 aliphatic heterocycles. The number of nitrogens with zero attached hydrogens (tertiary/aromatic N) is 5. The Bertz CT molecular complexity index is 971. The number of fused-ring (bicyclic) bond motifs is 1. The smallest absolute Gasteiger partial charge is 0.291 e. The number of hydrogen-bond acceptors (Lipinski definition) is 6. The largest absolute Gasteiger partial charge is 0.341 e. The average Bonchev–Trinajstić information content (AvgIpc) is 3.24. The summed E-state index contributed by atoms with van der Waals surface area (Å²) in [5, 5.41) is 11.5. The number of amides is 2. The highest BCUT2D eigenvalue weighted by Gasteiger charge is 2.43. The molecule has 2 amide bonds. The summed E-state index contributed by atoms with van der Waals surface area (Å²) in [4.78, 5) is 31.6. The van der Waals surface area contributed by atoms with Crippen molar-refractivity contribution in [3.8, 4) is 0 Å². The van der Waals surface area contributed by atoms with Gasteiger partial charge in [-0.2, -0.15) is 13.9 Å². The standard InChI is InChI=1S/C25H38F2N6O2/c1-6-7-25(26,27)20-9-19-23(30-29-20)24(4,5)15-33(19)22(35)14-31-12-17(3)28-10-18(31)13-32-11-16(2)8-21(32)34/h9,16-18,28H,6-8,10-15H2,1-5H3/t16-,17+,18+/m0/s1. The predicted octanol–water partition coefficient (Wildman–Crippen LogP) is 2.52. The number of aromatic nitrogens is 2. The number of nitrogens with one attached hydrogen (secondary N) is 1. The van der Waals surface area contributed by atoms with Gasteiger partial charge in [-0.25, -0.2) is 0 Å². The summed E-state index contributed by atoms with van der Waals surface area (Å²) in [6.45, 7) is 13.0. The molecule has 0 saturated carbocycles. The summed E-state index contributed by atoms with van der Waals surface area (Å²) in [5.74, 6) is -2.72. The van der Waals surface area contributed by atoms with Crippen LogP contribution < -0.4 is 10.2 Å². The van der Waals surface area contributed by atoms with Crippen molar-refractivity contribution in [1.29, 1.82) is 0 Å². The molecule has 194 valence electrons. The van der Waals surface area contributed by atoms with Gasteiger partial charge >= 0.3 is 0 Å². The molecular formula is C25H38F2N6O2. The Morgan fingerprint density at radius 2 is 2.00 bits per heavy atom. The summed E-state index contributed by atoms with van der Waals surface area (Å²) < 4.78 is 29.2. The van der Waals surface area contributed by atoms with Crippen LogP contribution in [-0.4, -0.2) is 83.2 Å². The lowest BCUT2D eigenvalue weighted by molar-refractivity contribution is -0.128. The van der Waals surface area contributed by atoms with E-state index in [1.165, 1.54) is 6.07 Å². The van der Waals surface area contributed by atoms with E-state index in [1.807, 2.05) is 18.7 Å². The van der Waals surface area contributed by atoms with Gasteiger partial charge in [-0.1, -0.05) is 34.1 Å². The van der Waals surface area contributed by atoms with E-state index in [-0.39, 0.29) is 42.6 Å². The summed E-state index contributed by atoms with van der Waals surface area (Å²) in [6.07, 6.45) is 0.577. The third-order valence-electron chi connectivity index (χ3n) is 7.40. The Kier molecular flexibility index (Phi) is 7.16. The second-order valence-corrected chi connectivity index (χ2v) is 11.3. The van der Waals surface area contributed by atoms with E-state index >= 15 is 0 Å². The number of rotatable bonds is 7. The Morgan fingerprint density at radius 1 is 1.26 bits per heavy atom. The highest BCUT2D eigenvalue weighted by molar-refractivity contribution is 5.97. The lowest BCUT2D eigenvalue weighted by Crippen LogP contribution is -2.61. The monoisotopic (exact) mass is 492 g/mol. The van der Waals surface area contributed by atoms with Crippen molar-refractivity contribution in [2.24, 2.45) is 5.92 Å². The zero-order valence-corrected chi connectivity index (χ0v) is 21.5. The van der Waals surface area contributed by atoms with Crippen molar-refractivity contribution >= 4 is 17.5 Å². The number of alkyl halides is 2. The van der Waals surface area contributed by atoms with E-state index in [1.54, 1.807) is 11.8 Å². The summed E-state index contributed by atoms with van der Waals surface area (Å²) >= 11 is 0. The first-order chi connectivity index (χ1) is 16.4. The molecule has 0 unspecified atom stereocenters. The quantitative estimate of drug-likeness (QED) is 0.630. The van der Waals surface area contributed by atoms with Gasteiger partial charge < -0.3 is 15.1 Å². The molecule has 0 bridgehead atoms. The molecule has 4 rings (SSSR count). The van der Waals surface area contributed by atoms with Gasteiger partial charge in [0.25, 0.3) is 5.92 Å². The third-order valence-corrected chi connectivity index (χ3v) is 7.40. The molecule has 2 saturated heterocycles. The first-order valence-corrected chi connectivity index (χ1v) is 12.7. The van der Waals surface area contributed by atoms with Crippen molar-refractivity contribution in [2.75, 3.05) is 44.2 Å². The van der Waals surface area contributed by atoms with Gasteiger partial charge in [-0.3, -0.25) is 14.5 Å². The lowest BCUT2D eigenvalue weighted by atomic mass is 9.91. The number of likely N-dealkylation sites (tertiary alicyclic amines) is 1. The fourth-order valence-corrected chi connectivity index (χ4v) is 5.53. The number of halogens is 2. The zero-order chi connectivity index (χ0) is 25.5. The first kappa shape index (κ1) is 25.9. The topological polar surface area (TPSA) is 81.7 Å². The Morgan fingerprint density at radius 3 is 2.66 bits per heavy atom. The predicted molar refractivity (Wildman–Crippen MR) is 129 cm³/mol. The first-order valence-electron chi connectivity index (χ1n) is 12.7. The van der Waals surface area contributed by atoms with Crippen LogP contribution in [0.4, 0.5) is 14.5 Å². The van der Waals surface area contributed by atoms with Gasteiger partial charge in [0.05, 0.1) is 17.9 Å². The van der Waals surface area contributed by atoms with E-state index in [0.717, 1.165) is 6.54 Å². The molecule has 3 aliphatic rings. The van der Waals surface area contributed by atoms with E-state index in [0.29, 0.717) is 56.3 Å². The molecule has 1 aromatic heterocycles. The van der Waals surface area contributed by atoms with Crippen LogP contribution in [0.5, 0.6) is 0 Å². The Labute approximate surface area is 206 Å². The Hall–Kier alpha value is -2.20. The maximum Gasteiger partial charge on any atom is 0.291 e. The summed E-state index contributed by atoms with van der Waals surface area (Å²) in [6, 6.07) is 1.58. The minimum absolute atomic E-state index is 0.0134. The van der Waals surface area contributed by atoms with Crippen molar-refractivity contribution in [1.82, 2.24) is 25.3 Å². The number of piperazine rings is 1.